The largest absolute Gasteiger partial charge is 0.490 e. The Morgan fingerprint density at radius 2 is 1.82 bits per heavy atom. The average Bonchev–Trinajstić information content (AvgIpc) is 2.85. The Morgan fingerprint density at radius 3 is 2.56 bits per heavy atom. The molecule has 0 saturated carbocycles. The third kappa shape index (κ3) is 4.80. The standard InChI is InChI=1S/C26H23N3O5/c1-3-33-23-15-18(13-14-22(23)34-17(2)26(31)32)16-27-29-24(19-9-5-4-6-10-19)28-21-12-8-7-11-20(21)25(29)30/h4-17H,3H2,1-2H3,(H,31,32)/t17-/m1/s1. The molecule has 4 rings (SSSR count). The van der Waals surface area contributed by atoms with Crippen LogP contribution >= 0.6 is 0 Å². The minimum Gasteiger partial charge on any atom is -0.490 e. The number of aliphatic carboxylic acids is 1. The van der Waals surface area contributed by atoms with Crippen molar-refractivity contribution in [2.75, 3.05) is 6.61 Å². The maximum atomic E-state index is 13.3. The second-order valence-electron chi connectivity index (χ2n) is 7.42. The number of hydrogen-bond donors (Lipinski definition) is 1. The lowest BCUT2D eigenvalue weighted by Crippen LogP contribution is -2.23. The molecule has 3 aromatic carbocycles. The molecule has 0 aliphatic rings. The summed E-state index contributed by atoms with van der Waals surface area (Å²) >= 11 is 0. The van der Waals surface area contributed by atoms with Crippen LogP contribution in [0.15, 0.2) is 82.7 Å². The van der Waals surface area contributed by atoms with E-state index in [0.29, 0.717) is 40.4 Å². The molecule has 0 bridgehead atoms. The summed E-state index contributed by atoms with van der Waals surface area (Å²) < 4.78 is 12.4. The van der Waals surface area contributed by atoms with Gasteiger partial charge in [-0.05, 0) is 49.7 Å². The van der Waals surface area contributed by atoms with Gasteiger partial charge in [-0.3, -0.25) is 4.79 Å². The van der Waals surface area contributed by atoms with Gasteiger partial charge >= 0.3 is 5.97 Å². The van der Waals surface area contributed by atoms with Crippen molar-refractivity contribution in [1.82, 2.24) is 9.66 Å². The van der Waals surface area contributed by atoms with Gasteiger partial charge in [-0.2, -0.15) is 9.78 Å². The highest BCUT2D eigenvalue weighted by molar-refractivity contribution is 5.83. The summed E-state index contributed by atoms with van der Waals surface area (Å²) in [6.45, 7) is 3.62. The number of carboxylic acids is 1. The third-order valence-electron chi connectivity index (χ3n) is 5.03. The Balaban J connectivity index is 1.77. The van der Waals surface area contributed by atoms with Crippen LogP contribution in [0.4, 0.5) is 0 Å². The molecule has 8 heteroatoms. The van der Waals surface area contributed by atoms with E-state index in [9.17, 15) is 9.59 Å². The van der Waals surface area contributed by atoms with Crippen molar-refractivity contribution >= 4 is 23.1 Å². The zero-order chi connectivity index (χ0) is 24.1. The highest BCUT2D eigenvalue weighted by Crippen LogP contribution is 2.29. The van der Waals surface area contributed by atoms with Gasteiger partial charge in [0.05, 0.1) is 23.7 Å². The van der Waals surface area contributed by atoms with Crippen molar-refractivity contribution in [2.45, 2.75) is 20.0 Å². The summed E-state index contributed by atoms with van der Waals surface area (Å²) in [6, 6.07) is 21.5. The number of carboxylic acid groups (broad SMARTS) is 1. The second kappa shape index (κ2) is 9.99. The zero-order valence-corrected chi connectivity index (χ0v) is 18.7. The van der Waals surface area contributed by atoms with Crippen molar-refractivity contribution in [1.29, 1.82) is 0 Å². The topological polar surface area (TPSA) is 103 Å². The van der Waals surface area contributed by atoms with Crippen LogP contribution in [0, 0.1) is 0 Å². The number of hydrogen-bond acceptors (Lipinski definition) is 6. The lowest BCUT2D eigenvalue weighted by atomic mass is 10.2. The van der Waals surface area contributed by atoms with E-state index < -0.39 is 12.1 Å². The van der Waals surface area contributed by atoms with Crippen LogP contribution in [0.3, 0.4) is 0 Å². The van der Waals surface area contributed by atoms with Crippen molar-refractivity contribution in [3.63, 3.8) is 0 Å². The minimum atomic E-state index is -1.08. The summed E-state index contributed by atoms with van der Waals surface area (Å²) in [5.74, 6) is 0.0285. The van der Waals surface area contributed by atoms with Gasteiger partial charge in [0.2, 0.25) is 0 Å². The molecule has 0 unspecified atom stereocenters. The Morgan fingerprint density at radius 1 is 1.09 bits per heavy atom. The fourth-order valence-corrected chi connectivity index (χ4v) is 3.34. The number of nitrogens with zero attached hydrogens (tertiary/aromatic N) is 3. The Kier molecular flexibility index (Phi) is 6.68. The Bertz CT molecular complexity index is 1410. The summed E-state index contributed by atoms with van der Waals surface area (Å²) in [5.41, 5.74) is 1.69. The smallest absolute Gasteiger partial charge is 0.344 e. The molecule has 0 radical (unpaired) electrons. The van der Waals surface area contributed by atoms with Crippen LogP contribution in [0.25, 0.3) is 22.3 Å². The summed E-state index contributed by atoms with van der Waals surface area (Å²) in [6.07, 6.45) is 0.492. The molecule has 0 fully saturated rings. The number of carbonyl (C=O) groups is 1. The number of fused-ring (bicyclic) bond motifs is 1. The molecule has 0 saturated heterocycles. The first-order chi connectivity index (χ1) is 16.5. The summed E-state index contributed by atoms with van der Waals surface area (Å²) in [7, 11) is 0. The maximum absolute atomic E-state index is 13.3. The van der Waals surface area contributed by atoms with E-state index in [1.165, 1.54) is 17.8 Å². The second-order valence-corrected chi connectivity index (χ2v) is 7.42. The van der Waals surface area contributed by atoms with Crippen LogP contribution in [0.2, 0.25) is 0 Å². The Hall–Kier alpha value is -4.46. The molecule has 1 atom stereocenters. The normalized spacial score (nSPS) is 12.1. The predicted molar refractivity (Wildman–Crippen MR) is 130 cm³/mol. The molecule has 1 aromatic heterocycles. The van der Waals surface area contributed by atoms with E-state index >= 15 is 0 Å². The molecule has 172 valence electrons. The van der Waals surface area contributed by atoms with Crippen LogP contribution in [-0.4, -0.2) is 39.7 Å². The average molecular weight is 457 g/mol. The number of benzene rings is 3. The van der Waals surface area contributed by atoms with E-state index in [0.717, 1.165) is 5.56 Å². The van der Waals surface area contributed by atoms with E-state index in [2.05, 4.69) is 10.1 Å². The summed E-state index contributed by atoms with van der Waals surface area (Å²) in [5, 5.41) is 14.0. The Labute approximate surface area is 195 Å². The molecule has 1 heterocycles. The van der Waals surface area contributed by atoms with Gasteiger partial charge in [0, 0.05) is 5.56 Å². The lowest BCUT2D eigenvalue weighted by molar-refractivity contribution is -0.144. The zero-order valence-electron chi connectivity index (χ0n) is 18.7. The van der Waals surface area contributed by atoms with Crippen LogP contribution < -0.4 is 15.0 Å². The third-order valence-corrected chi connectivity index (χ3v) is 5.03. The van der Waals surface area contributed by atoms with Crippen LogP contribution in [0.1, 0.15) is 19.4 Å². The molecule has 0 aliphatic heterocycles. The molecule has 34 heavy (non-hydrogen) atoms. The maximum Gasteiger partial charge on any atom is 0.344 e. The van der Waals surface area contributed by atoms with Crippen molar-refractivity contribution in [3.8, 4) is 22.9 Å². The van der Waals surface area contributed by atoms with E-state index in [1.54, 1.807) is 36.4 Å². The van der Waals surface area contributed by atoms with Gasteiger partial charge in [-0.1, -0.05) is 42.5 Å². The molecular weight excluding hydrogens is 434 g/mol. The van der Waals surface area contributed by atoms with Gasteiger partial charge in [-0.15, -0.1) is 0 Å². The van der Waals surface area contributed by atoms with Gasteiger partial charge in [0.15, 0.2) is 23.4 Å². The number of rotatable bonds is 8. The van der Waals surface area contributed by atoms with Crippen LogP contribution in [-0.2, 0) is 4.79 Å². The number of aromatic nitrogens is 2. The molecular formula is C26H23N3O5. The fourth-order valence-electron chi connectivity index (χ4n) is 3.34. The highest BCUT2D eigenvalue weighted by atomic mass is 16.5. The first-order valence-electron chi connectivity index (χ1n) is 10.8. The number of para-hydroxylation sites is 1. The van der Waals surface area contributed by atoms with Crippen LogP contribution in [0.5, 0.6) is 11.5 Å². The predicted octanol–water partition coefficient (Wildman–Crippen LogP) is 4.20. The molecule has 0 amide bonds. The highest BCUT2D eigenvalue weighted by Gasteiger charge is 2.16. The lowest BCUT2D eigenvalue weighted by Gasteiger charge is -2.15. The quantitative estimate of drug-likeness (QED) is 0.398. The molecule has 0 spiro atoms. The van der Waals surface area contributed by atoms with Gasteiger partial charge < -0.3 is 14.6 Å². The van der Waals surface area contributed by atoms with Crippen molar-refractivity contribution in [2.24, 2.45) is 5.10 Å². The van der Waals surface area contributed by atoms with E-state index in [1.807, 2.05) is 43.3 Å². The molecule has 4 aromatic rings. The minimum absolute atomic E-state index is 0.291. The first-order valence-corrected chi connectivity index (χ1v) is 10.8. The molecule has 1 N–H and O–H groups in total. The first kappa shape index (κ1) is 22.7. The molecule has 8 nitrogen and oxygen atoms in total. The van der Waals surface area contributed by atoms with Gasteiger partial charge in [-0.25, -0.2) is 9.78 Å². The molecule has 0 aliphatic carbocycles. The van der Waals surface area contributed by atoms with Crippen molar-refractivity contribution < 1.29 is 19.4 Å². The van der Waals surface area contributed by atoms with Gasteiger partial charge in [0.1, 0.15) is 0 Å². The summed E-state index contributed by atoms with van der Waals surface area (Å²) in [4.78, 5) is 29.1. The SMILES string of the molecule is CCOc1cc(C=Nn2c(-c3ccccc3)nc3ccccc3c2=O)ccc1O[C@H](C)C(=O)O. The fraction of sp³-hybridized carbons (Fsp3) is 0.154. The monoisotopic (exact) mass is 457 g/mol. The number of ether oxygens (including phenoxy) is 2. The van der Waals surface area contributed by atoms with Gasteiger partial charge in [0.25, 0.3) is 5.56 Å². The van der Waals surface area contributed by atoms with E-state index in [-0.39, 0.29) is 5.56 Å². The van der Waals surface area contributed by atoms with E-state index in [4.69, 9.17) is 14.6 Å². The van der Waals surface area contributed by atoms with Crippen molar-refractivity contribution in [3.05, 3.63) is 88.7 Å².